The highest BCUT2D eigenvalue weighted by Gasteiger charge is 2.73. The van der Waals surface area contributed by atoms with Crippen molar-refractivity contribution in [1.29, 1.82) is 0 Å². The molecule has 7 fully saturated rings. The molecule has 12 heteroatoms. The van der Waals surface area contributed by atoms with Crippen molar-refractivity contribution in [3.63, 3.8) is 0 Å². The van der Waals surface area contributed by atoms with Crippen LogP contribution >= 0.6 is 0 Å². The minimum Gasteiger partial charge on any atom is -0.481 e. The Morgan fingerprint density at radius 3 is 1.90 bits per heavy atom. The van der Waals surface area contributed by atoms with Gasteiger partial charge < -0.3 is 29.2 Å². The number of fused-ring (bicyclic) bond motifs is 6. The molecule has 0 aromatic carbocycles. The van der Waals surface area contributed by atoms with Crippen LogP contribution in [0.3, 0.4) is 0 Å². The predicted octanol–water partition coefficient (Wildman–Crippen LogP) is 3.33. The molecule has 0 aromatic heterocycles. The van der Waals surface area contributed by atoms with Crippen molar-refractivity contribution < 1.29 is 57.9 Å². The molecule has 1 saturated heterocycles. The summed E-state index contributed by atoms with van der Waals surface area (Å²) in [6, 6.07) is 0. The minimum atomic E-state index is -1.10. The fourth-order valence-electron chi connectivity index (χ4n) is 13.4. The molecule has 12 nitrogen and oxygen atoms in total. The topological polar surface area (TPSA) is 180 Å². The second-order valence-electron chi connectivity index (χ2n) is 17.4. The number of carboxylic acid groups (broad SMARTS) is 1. The molecule has 2 N–H and O–H groups in total. The van der Waals surface area contributed by atoms with Crippen LogP contribution in [0.25, 0.3) is 0 Å². The number of methoxy groups -OCH3 is 1. The Morgan fingerprint density at radius 1 is 0.735 bits per heavy atom. The highest BCUT2D eigenvalue weighted by atomic mass is 16.6. The number of ether oxygens (including phenoxy) is 4. The Bertz CT molecular complexity index is 1430. The van der Waals surface area contributed by atoms with E-state index in [2.05, 4.69) is 6.92 Å². The van der Waals surface area contributed by atoms with E-state index in [1.165, 1.54) is 7.11 Å². The second kappa shape index (κ2) is 12.0. The highest BCUT2D eigenvalue weighted by molar-refractivity contribution is 5.96. The standard InChI is InChI=1S/C37H50O12/c1-13-15-7-17(20(8-15)34(43)49-37(3,4)5)23(13)25-16-9-18(19(10-16)33(42)47-12-38)26(25)28-21-11-22(30(35(44)46-6)29(21)31(39)40)27(28)24-14(2)32(41)48-36(24)45/h13-30,38H,7-12H2,1-6H3,(H,39,40). The maximum absolute atomic E-state index is 13.6. The summed E-state index contributed by atoms with van der Waals surface area (Å²) in [6.07, 6.45) is 3.33. The van der Waals surface area contributed by atoms with Crippen LogP contribution in [0.5, 0.6) is 0 Å². The van der Waals surface area contributed by atoms with Crippen molar-refractivity contribution in [1.82, 2.24) is 0 Å². The Labute approximate surface area is 286 Å². The van der Waals surface area contributed by atoms with Crippen LogP contribution in [0.4, 0.5) is 0 Å². The van der Waals surface area contributed by atoms with Gasteiger partial charge in [0.1, 0.15) is 5.60 Å². The van der Waals surface area contributed by atoms with Crippen molar-refractivity contribution in [2.75, 3.05) is 13.9 Å². The highest BCUT2D eigenvalue weighted by Crippen LogP contribution is 2.73. The van der Waals surface area contributed by atoms with Crippen LogP contribution in [0.2, 0.25) is 0 Å². The first-order valence-electron chi connectivity index (χ1n) is 18.2. The maximum atomic E-state index is 13.6. The fourth-order valence-corrected chi connectivity index (χ4v) is 13.4. The average Bonchev–Trinajstić information content (AvgIpc) is 3.87. The van der Waals surface area contributed by atoms with Gasteiger partial charge in [0, 0.05) is 0 Å². The van der Waals surface area contributed by atoms with Gasteiger partial charge in [-0.1, -0.05) is 13.8 Å². The lowest BCUT2D eigenvalue weighted by molar-refractivity contribution is -0.171. The Hall–Kier alpha value is -3.02. The van der Waals surface area contributed by atoms with Gasteiger partial charge in [-0.2, -0.15) is 0 Å². The van der Waals surface area contributed by atoms with Gasteiger partial charge in [0.05, 0.1) is 42.6 Å². The fraction of sp³-hybridized carbons (Fsp3) is 0.838. The van der Waals surface area contributed by atoms with Crippen molar-refractivity contribution in [2.24, 2.45) is 107 Å². The molecule has 0 spiro atoms. The van der Waals surface area contributed by atoms with E-state index in [-0.39, 0.29) is 53.3 Å². The molecular weight excluding hydrogens is 636 g/mol. The van der Waals surface area contributed by atoms with Crippen LogP contribution in [-0.4, -0.2) is 65.5 Å². The molecule has 270 valence electrons. The Kier molecular flexibility index (Phi) is 8.47. The number of aliphatic carboxylic acids is 1. The van der Waals surface area contributed by atoms with Crippen molar-refractivity contribution in [3.05, 3.63) is 0 Å². The van der Waals surface area contributed by atoms with Gasteiger partial charge in [0.25, 0.3) is 0 Å². The number of aliphatic hydroxyl groups is 1. The van der Waals surface area contributed by atoms with Crippen molar-refractivity contribution >= 4 is 35.8 Å². The van der Waals surface area contributed by atoms with E-state index in [1.54, 1.807) is 6.92 Å². The zero-order valence-corrected chi connectivity index (χ0v) is 29.1. The van der Waals surface area contributed by atoms with Gasteiger partial charge in [-0.15, -0.1) is 0 Å². The summed E-state index contributed by atoms with van der Waals surface area (Å²) in [6.45, 7) is 8.77. The molecule has 7 aliphatic rings. The second-order valence-corrected chi connectivity index (χ2v) is 17.4. The number of rotatable bonds is 8. The van der Waals surface area contributed by atoms with E-state index < -0.39 is 95.5 Å². The summed E-state index contributed by atoms with van der Waals surface area (Å²) >= 11 is 0. The molecular formula is C37H50O12. The zero-order valence-electron chi connectivity index (χ0n) is 29.1. The summed E-state index contributed by atoms with van der Waals surface area (Å²) < 4.78 is 21.4. The predicted molar refractivity (Wildman–Crippen MR) is 167 cm³/mol. The number of carboxylic acids is 1. The summed E-state index contributed by atoms with van der Waals surface area (Å²) in [4.78, 5) is 79.6. The zero-order chi connectivity index (χ0) is 35.4. The number of carbonyl (C=O) groups is 6. The first-order valence-corrected chi connectivity index (χ1v) is 18.2. The normalized spacial score (nSPS) is 47.8. The molecule has 1 aliphatic heterocycles. The van der Waals surface area contributed by atoms with Gasteiger partial charge in [0.2, 0.25) is 0 Å². The summed E-state index contributed by atoms with van der Waals surface area (Å²) in [7, 11) is 1.23. The third-order valence-corrected chi connectivity index (χ3v) is 14.6. The molecule has 18 unspecified atom stereocenters. The van der Waals surface area contributed by atoms with E-state index >= 15 is 0 Å². The van der Waals surface area contributed by atoms with Crippen LogP contribution in [0, 0.1) is 107 Å². The molecule has 7 rings (SSSR count). The van der Waals surface area contributed by atoms with E-state index in [0.717, 1.165) is 12.8 Å². The summed E-state index contributed by atoms with van der Waals surface area (Å²) in [5.74, 6) is -9.58. The first kappa shape index (κ1) is 34.4. The number of aliphatic hydroxyl groups excluding tert-OH is 1. The van der Waals surface area contributed by atoms with Gasteiger partial charge in [-0.05, 0) is 124 Å². The van der Waals surface area contributed by atoms with Crippen LogP contribution in [-0.2, 0) is 47.7 Å². The largest absolute Gasteiger partial charge is 0.481 e. The van der Waals surface area contributed by atoms with E-state index in [0.29, 0.717) is 25.2 Å². The molecule has 6 bridgehead atoms. The number of carbonyl (C=O) groups excluding carboxylic acids is 5. The lowest BCUT2D eigenvalue weighted by Gasteiger charge is -2.52. The minimum absolute atomic E-state index is 0.0275. The quantitative estimate of drug-likeness (QED) is 0.165. The number of hydrogen-bond acceptors (Lipinski definition) is 11. The molecule has 0 radical (unpaired) electrons. The molecule has 6 aliphatic carbocycles. The maximum Gasteiger partial charge on any atom is 0.317 e. The Morgan fingerprint density at radius 2 is 1.33 bits per heavy atom. The molecule has 6 saturated carbocycles. The number of cyclic esters (lactones) is 2. The Balaban J connectivity index is 1.33. The third kappa shape index (κ3) is 5.15. The molecule has 1 heterocycles. The number of esters is 5. The van der Waals surface area contributed by atoms with Crippen LogP contribution < -0.4 is 0 Å². The van der Waals surface area contributed by atoms with Crippen molar-refractivity contribution in [3.8, 4) is 0 Å². The monoisotopic (exact) mass is 686 g/mol. The first-order chi connectivity index (χ1) is 23.1. The van der Waals surface area contributed by atoms with Crippen LogP contribution in [0.1, 0.15) is 66.7 Å². The molecule has 0 amide bonds. The van der Waals surface area contributed by atoms with E-state index in [1.807, 2.05) is 20.8 Å². The van der Waals surface area contributed by atoms with Gasteiger partial charge in [-0.25, -0.2) is 0 Å². The molecule has 0 aromatic rings. The summed E-state index contributed by atoms with van der Waals surface area (Å²) in [5.41, 5.74) is -0.627. The summed E-state index contributed by atoms with van der Waals surface area (Å²) in [5, 5.41) is 20.2. The van der Waals surface area contributed by atoms with Crippen molar-refractivity contribution in [2.45, 2.75) is 72.3 Å². The third-order valence-electron chi connectivity index (χ3n) is 14.6. The SMILES string of the molecule is COC(=O)C1C2CC(C1C(=O)O)C(C1C3CC(CC3C(=O)OCO)C1C1C(C)C3CC(C(=O)OC(C)(C)C)C1C3)C2C1C(=O)OC(=O)C1C. The smallest absolute Gasteiger partial charge is 0.317 e. The molecule has 18 atom stereocenters. The van der Waals surface area contributed by atoms with E-state index in [4.69, 9.17) is 18.9 Å². The lowest BCUT2D eigenvalue weighted by Crippen LogP contribution is -2.53. The van der Waals surface area contributed by atoms with Gasteiger partial charge in [0.15, 0.2) is 6.79 Å². The lowest BCUT2D eigenvalue weighted by atomic mass is 9.51. The van der Waals surface area contributed by atoms with E-state index in [9.17, 15) is 39.0 Å². The number of hydrogen-bond donors (Lipinski definition) is 2. The molecule has 49 heavy (non-hydrogen) atoms. The van der Waals surface area contributed by atoms with Gasteiger partial charge in [-0.3, -0.25) is 28.8 Å². The van der Waals surface area contributed by atoms with Crippen LogP contribution in [0.15, 0.2) is 0 Å². The average molecular weight is 687 g/mol. The van der Waals surface area contributed by atoms with Gasteiger partial charge >= 0.3 is 35.8 Å².